The van der Waals surface area contributed by atoms with Crippen molar-refractivity contribution in [3.8, 4) is 11.3 Å². The lowest BCUT2D eigenvalue weighted by Crippen LogP contribution is -1.82. The largest absolute Gasteiger partial charge is 0.348 e. The van der Waals surface area contributed by atoms with E-state index in [1.54, 1.807) is 12.1 Å². The molecule has 0 aliphatic rings. The van der Waals surface area contributed by atoms with Gasteiger partial charge in [-0.15, -0.1) is 0 Å². The minimum Gasteiger partial charge on any atom is -0.348 e. The van der Waals surface area contributed by atoms with Crippen LogP contribution in [0.15, 0.2) is 30.5 Å². The van der Waals surface area contributed by atoms with Gasteiger partial charge in [0.05, 0.1) is 5.69 Å². The van der Waals surface area contributed by atoms with E-state index in [0.717, 1.165) is 23.5 Å². The molecular formula is C11H11FN2. The van der Waals surface area contributed by atoms with E-state index < -0.39 is 0 Å². The molecule has 0 saturated heterocycles. The number of hydrogen-bond donors (Lipinski definition) is 1. The summed E-state index contributed by atoms with van der Waals surface area (Å²) in [4.78, 5) is 7.41. The van der Waals surface area contributed by atoms with Crippen LogP contribution in [0.1, 0.15) is 12.7 Å². The lowest BCUT2D eigenvalue weighted by atomic mass is 10.2. The standard InChI is InChI=1S/C11H11FN2/c1-2-11-13-7-10(14-11)8-3-5-9(12)6-4-8/h3-7H,2H2,1H3,(H,13,14). The van der Waals surface area contributed by atoms with E-state index in [9.17, 15) is 4.39 Å². The highest BCUT2D eigenvalue weighted by molar-refractivity contribution is 5.58. The number of rotatable bonds is 2. The van der Waals surface area contributed by atoms with E-state index in [0.29, 0.717) is 0 Å². The van der Waals surface area contributed by atoms with Gasteiger partial charge in [0.15, 0.2) is 0 Å². The summed E-state index contributed by atoms with van der Waals surface area (Å²) in [5.41, 5.74) is 1.80. The van der Waals surface area contributed by atoms with Gasteiger partial charge in [-0.25, -0.2) is 9.37 Å². The molecule has 1 aromatic heterocycles. The van der Waals surface area contributed by atoms with Crippen LogP contribution in [0.2, 0.25) is 0 Å². The highest BCUT2D eigenvalue weighted by Gasteiger charge is 2.02. The maximum Gasteiger partial charge on any atom is 0.123 e. The third kappa shape index (κ3) is 1.66. The molecule has 0 aliphatic carbocycles. The van der Waals surface area contributed by atoms with Gasteiger partial charge in [0.1, 0.15) is 11.6 Å². The first-order valence-corrected chi connectivity index (χ1v) is 4.60. The summed E-state index contributed by atoms with van der Waals surface area (Å²) in [6.07, 6.45) is 2.72. The summed E-state index contributed by atoms with van der Waals surface area (Å²) in [6.45, 7) is 2.03. The molecule has 0 atom stereocenters. The Labute approximate surface area is 81.8 Å². The Morgan fingerprint density at radius 1 is 1.29 bits per heavy atom. The second kappa shape index (κ2) is 3.62. The Bertz CT molecular complexity index is 417. The van der Waals surface area contributed by atoms with E-state index >= 15 is 0 Å². The van der Waals surface area contributed by atoms with Crippen molar-refractivity contribution in [1.29, 1.82) is 0 Å². The summed E-state index contributed by atoms with van der Waals surface area (Å²) in [5, 5.41) is 0. The summed E-state index contributed by atoms with van der Waals surface area (Å²) in [6, 6.07) is 6.33. The second-order valence-corrected chi connectivity index (χ2v) is 3.09. The van der Waals surface area contributed by atoms with Crippen LogP contribution >= 0.6 is 0 Å². The van der Waals surface area contributed by atoms with Gasteiger partial charge < -0.3 is 4.98 Å². The zero-order valence-corrected chi connectivity index (χ0v) is 7.92. The maximum absolute atomic E-state index is 12.6. The lowest BCUT2D eigenvalue weighted by Gasteiger charge is -1.94. The monoisotopic (exact) mass is 190 g/mol. The number of nitrogens with zero attached hydrogens (tertiary/aromatic N) is 1. The van der Waals surface area contributed by atoms with E-state index in [-0.39, 0.29) is 5.82 Å². The Balaban J connectivity index is 2.34. The summed E-state index contributed by atoms with van der Waals surface area (Å²) in [5.74, 6) is 0.726. The molecule has 0 amide bonds. The number of halogens is 1. The number of hydrogen-bond acceptors (Lipinski definition) is 1. The third-order valence-electron chi connectivity index (χ3n) is 2.11. The first-order chi connectivity index (χ1) is 6.79. The Kier molecular flexibility index (Phi) is 2.31. The first-order valence-electron chi connectivity index (χ1n) is 4.60. The van der Waals surface area contributed by atoms with Crippen LogP contribution < -0.4 is 0 Å². The van der Waals surface area contributed by atoms with Crippen molar-refractivity contribution in [2.45, 2.75) is 13.3 Å². The Hall–Kier alpha value is -1.64. The van der Waals surface area contributed by atoms with Gasteiger partial charge in [0.25, 0.3) is 0 Å². The van der Waals surface area contributed by atoms with E-state index in [4.69, 9.17) is 0 Å². The molecule has 3 heteroatoms. The smallest absolute Gasteiger partial charge is 0.123 e. The lowest BCUT2D eigenvalue weighted by molar-refractivity contribution is 0.628. The third-order valence-corrected chi connectivity index (χ3v) is 2.11. The van der Waals surface area contributed by atoms with Gasteiger partial charge in [-0.1, -0.05) is 6.92 Å². The molecule has 0 saturated carbocycles. The minimum absolute atomic E-state index is 0.222. The molecule has 0 fully saturated rings. The fourth-order valence-corrected chi connectivity index (χ4v) is 1.31. The molecule has 14 heavy (non-hydrogen) atoms. The van der Waals surface area contributed by atoms with Crippen molar-refractivity contribution < 1.29 is 4.39 Å². The molecule has 1 N–H and O–H groups in total. The van der Waals surface area contributed by atoms with Crippen molar-refractivity contribution in [2.75, 3.05) is 0 Å². The van der Waals surface area contributed by atoms with Crippen LogP contribution in [0.4, 0.5) is 4.39 Å². The molecule has 1 aromatic carbocycles. The number of aryl methyl sites for hydroxylation is 1. The van der Waals surface area contributed by atoms with Gasteiger partial charge in [0, 0.05) is 18.2 Å². The van der Waals surface area contributed by atoms with E-state index in [1.165, 1.54) is 12.1 Å². The Morgan fingerprint density at radius 3 is 2.57 bits per heavy atom. The Morgan fingerprint density at radius 2 is 2.00 bits per heavy atom. The molecule has 0 aliphatic heterocycles. The molecule has 0 unspecified atom stereocenters. The number of aromatic amines is 1. The van der Waals surface area contributed by atoms with Crippen LogP contribution in [0.5, 0.6) is 0 Å². The van der Waals surface area contributed by atoms with Gasteiger partial charge in [-0.3, -0.25) is 0 Å². The normalized spacial score (nSPS) is 10.4. The molecule has 2 nitrogen and oxygen atoms in total. The fraction of sp³-hybridized carbons (Fsp3) is 0.182. The van der Waals surface area contributed by atoms with Gasteiger partial charge in [-0.2, -0.15) is 0 Å². The van der Waals surface area contributed by atoms with Crippen molar-refractivity contribution in [2.24, 2.45) is 0 Å². The quantitative estimate of drug-likeness (QED) is 0.775. The number of nitrogens with one attached hydrogen (secondary N) is 1. The van der Waals surface area contributed by atoms with Crippen LogP contribution in [0.3, 0.4) is 0 Å². The zero-order valence-electron chi connectivity index (χ0n) is 7.92. The van der Waals surface area contributed by atoms with Crippen LogP contribution in [0.25, 0.3) is 11.3 Å². The molecule has 1 heterocycles. The van der Waals surface area contributed by atoms with Gasteiger partial charge in [-0.05, 0) is 24.3 Å². The first kappa shape index (κ1) is 8.94. The topological polar surface area (TPSA) is 28.7 Å². The van der Waals surface area contributed by atoms with E-state index in [1.807, 2.05) is 13.1 Å². The second-order valence-electron chi connectivity index (χ2n) is 3.09. The zero-order chi connectivity index (χ0) is 9.97. The van der Waals surface area contributed by atoms with Crippen molar-refractivity contribution in [3.05, 3.63) is 42.1 Å². The van der Waals surface area contributed by atoms with Crippen LogP contribution in [0, 0.1) is 5.82 Å². The average Bonchev–Trinajstić information content (AvgIpc) is 2.67. The molecular weight excluding hydrogens is 179 g/mol. The maximum atomic E-state index is 12.6. The molecule has 2 rings (SSSR count). The number of imidazole rings is 1. The van der Waals surface area contributed by atoms with Gasteiger partial charge >= 0.3 is 0 Å². The summed E-state index contributed by atoms with van der Waals surface area (Å²) < 4.78 is 12.6. The molecule has 0 radical (unpaired) electrons. The fourth-order valence-electron chi connectivity index (χ4n) is 1.31. The van der Waals surface area contributed by atoms with Crippen molar-refractivity contribution in [1.82, 2.24) is 9.97 Å². The van der Waals surface area contributed by atoms with Crippen LogP contribution in [-0.2, 0) is 6.42 Å². The van der Waals surface area contributed by atoms with Crippen molar-refractivity contribution in [3.63, 3.8) is 0 Å². The SMILES string of the molecule is CCc1nc(-c2ccc(F)cc2)c[nH]1. The van der Waals surface area contributed by atoms with Crippen molar-refractivity contribution >= 4 is 0 Å². The number of H-pyrrole nitrogens is 1. The number of aromatic nitrogens is 2. The molecule has 0 spiro atoms. The van der Waals surface area contributed by atoms with Crippen LogP contribution in [-0.4, -0.2) is 9.97 Å². The summed E-state index contributed by atoms with van der Waals surface area (Å²) in [7, 11) is 0. The molecule has 2 aromatic rings. The molecule has 72 valence electrons. The average molecular weight is 190 g/mol. The van der Waals surface area contributed by atoms with E-state index in [2.05, 4.69) is 9.97 Å². The summed E-state index contributed by atoms with van der Waals surface area (Å²) >= 11 is 0. The molecule has 0 bridgehead atoms. The van der Waals surface area contributed by atoms with Gasteiger partial charge in [0.2, 0.25) is 0 Å². The predicted octanol–water partition coefficient (Wildman–Crippen LogP) is 2.78. The minimum atomic E-state index is -0.222. The number of benzene rings is 1. The predicted molar refractivity (Wildman–Crippen MR) is 53.4 cm³/mol. The highest BCUT2D eigenvalue weighted by atomic mass is 19.1. The highest BCUT2D eigenvalue weighted by Crippen LogP contribution is 2.17.